The van der Waals surface area contributed by atoms with Crippen molar-refractivity contribution < 1.29 is 4.79 Å². The number of benzene rings is 2. The number of hydrogen-bond acceptors (Lipinski definition) is 2. The van der Waals surface area contributed by atoms with Gasteiger partial charge in [-0.25, -0.2) is 0 Å². The van der Waals surface area contributed by atoms with Gasteiger partial charge in [-0.15, -0.1) is 0 Å². The van der Waals surface area contributed by atoms with Crippen LogP contribution in [0.4, 0.5) is 5.69 Å². The first kappa shape index (κ1) is 13.1. The molecular weight excluding hydrogens is 236 g/mol. The van der Waals surface area contributed by atoms with Crippen molar-refractivity contribution >= 4 is 11.6 Å². The Hall–Kier alpha value is -2.29. The lowest BCUT2D eigenvalue weighted by atomic mass is 9.96. The van der Waals surface area contributed by atoms with E-state index in [2.05, 4.69) is 11.4 Å². The highest BCUT2D eigenvalue weighted by Gasteiger charge is 2.07. The van der Waals surface area contributed by atoms with Crippen molar-refractivity contribution in [1.29, 1.82) is 0 Å². The molecule has 0 aliphatic carbocycles. The van der Waals surface area contributed by atoms with E-state index >= 15 is 0 Å². The molecule has 0 atom stereocenters. The van der Waals surface area contributed by atoms with Crippen molar-refractivity contribution in [2.45, 2.75) is 13.8 Å². The normalized spacial score (nSPS) is 10.3. The number of nitrogens with two attached hydrogens (primary N) is 1. The second-order valence-corrected chi connectivity index (χ2v) is 4.68. The first-order valence-electron chi connectivity index (χ1n) is 6.22. The summed E-state index contributed by atoms with van der Waals surface area (Å²) < 4.78 is 0. The molecule has 0 aromatic heterocycles. The van der Waals surface area contributed by atoms with E-state index in [9.17, 15) is 4.79 Å². The summed E-state index contributed by atoms with van der Waals surface area (Å²) in [4.78, 5) is 11.5. The number of carbonyl (C=O) groups is 1. The molecule has 3 nitrogen and oxygen atoms in total. The lowest BCUT2D eigenvalue weighted by Crippen LogP contribution is -2.17. The molecule has 1 amide bonds. The van der Waals surface area contributed by atoms with Gasteiger partial charge in [0.2, 0.25) is 0 Å². The first-order chi connectivity index (χ1) is 9.02. The Balaban J connectivity index is 2.43. The van der Waals surface area contributed by atoms with Crippen LogP contribution in [-0.4, -0.2) is 13.0 Å². The zero-order chi connectivity index (χ0) is 14.0. The van der Waals surface area contributed by atoms with E-state index in [4.69, 9.17) is 5.73 Å². The van der Waals surface area contributed by atoms with Gasteiger partial charge in [-0.1, -0.05) is 12.1 Å². The quantitative estimate of drug-likeness (QED) is 0.810. The Morgan fingerprint density at radius 1 is 1.05 bits per heavy atom. The highest BCUT2D eigenvalue weighted by atomic mass is 16.1. The lowest BCUT2D eigenvalue weighted by molar-refractivity contribution is 0.0963. The molecule has 2 aromatic rings. The minimum Gasteiger partial charge on any atom is -0.399 e. The molecule has 3 N–H and O–H groups in total. The van der Waals surface area contributed by atoms with E-state index in [1.54, 1.807) is 7.05 Å². The van der Waals surface area contributed by atoms with Crippen LogP contribution in [0.1, 0.15) is 21.5 Å². The number of amides is 1. The van der Waals surface area contributed by atoms with Crippen LogP contribution in [0.2, 0.25) is 0 Å². The van der Waals surface area contributed by atoms with Crippen LogP contribution in [0.25, 0.3) is 11.1 Å². The number of rotatable bonds is 2. The number of nitrogen functional groups attached to an aromatic ring is 1. The van der Waals surface area contributed by atoms with Gasteiger partial charge in [-0.05, 0) is 60.4 Å². The predicted octanol–water partition coefficient (Wildman–Crippen LogP) is 2.91. The van der Waals surface area contributed by atoms with Crippen molar-refractivity contribution in [2.75, 3.05) is 12.8 Å². The molecular formula is C16H18N2O. The van der Waals surface area contributed by atoms with Gasteiger partial charge in [0.15, 0.2) is 0 Å². The van der Waals surface area contributed by atoms with Crippen molar-refractivity contribution in [3.05, 3.63) is 53.1 Å². The van der Waals surface area contributed by atoms with Crippen LogP contribution >= 0.6 is 0 Å². The minimum atomic E-state index is -0.0724. The second kappa shape index (κ2) is 5.14. The van der Waals surface area contributed by atoms with Crippen molar-refractivity contribution in [3.63, 3.8) is 0 Å². The zero-order valence-corrected chi connectivity index (χ0v) is 11.4. The summed E-state index contributed by atoms with van der Waals surface area (Å²) in [7, 11) is 1.63. The summed E-state index contributed by atoms with van der Waals surface area (Å²) in [6.45, 7) is 4.04. The third-order valence-electron chi connectivity index (χ3n) is 3.30. The SMILES string of the molecule is CNC(=O)c1ccc(-c2cc(C)c(N)cc2C)cc1. The molecule has 0 saturated heterocycles. The second-order valence-electron chi connectivity index (χ2n) is 4.68. The topological polar surface area (TPSA) is 55.1 Å². The summed E-state index contributed by atoms with van der Waals surface area (Å²) in [5, 5.41) is 2.61. The molecule has 0 fully saturated rings. The number of aryl methyl sites for hydroxylation is 2. The molecule has 0 spiro atoms. The summed E-state index contributed by atoms with van der Waals surface area (Å²) in [6.07, 6.45) is 0. The van der Waals surface area contributed by atoms with E-state index in [0.717, 1.165) is 27.9 Å². The third-order valence-corrected chi connectivity index (χ3v) is 3.30. The maximum atomic E-state index is 11.5. The van der Waals surface area contributed by atoms with E-state index < -0.39 is 0 Å². The largest absolute Gasteiger partial charge is 0.399 e. The van der Waals surface area contributed by atoms with Gasteiger partial charge >= 0.3 is 0 Å². The molecule has 0 radical (unpaired) electrons. The Bertz CT molecular complexity index is 615. The third kappa shape index (κ3) is 2.60. The summed E-state index contributed by atoms with van der Waals surface area (Å²) >= 11 is 0. The maximum absolute atomic E-state index is 11.5. The van der Waals surface area contributed by atoms with Gasteiger partial charge < -0.3 is 11.1 Å². The average molecular weight is 254 g/mol. The van der Waals surface area contributed by atoms with E-state index in [1.807, 2.05) is 44.2 Å². The van der Waals surface area contributed by atoms with Gasteiger partial charge in [0.1, 0.15) is 0 Å². The number of nitrogens with one attached hydrogen (secondary N) is 1. The highest BCUT2D eigenvalue weighted by Crippen LogP contribution is 2.27. The number of hydrogen-bond donors (Lipinski definition) is 2. The molecule has 0 aliphatic heterocycles. The minimum absolute atomic E-state index is 0.0724. The summed E-state index contributed by atoms with van der Waals surface area (Å²) in [6, 6.07) is 11.7. The average Bonchev–Trinajstić information content (AvgIpc) is 2.42. The van der Waals surface area contributed by atoms with E-state index in [-0.39, 0.29) is 5.91 Å². The molecule has 0 heterocycles. The fourth-order valence-corrected chi connectivity index (χ4v) is 2.10. The smallest absolute Gasteiger partial charge is 0.251 e. The molecule has 0 saturated carbocycles. The number of carbonyl (C=O) groups excluding carboxylic acids is 1. The molecule has 98 valence electrons. The number of anilines is 1. The molecule has 19 heavy (non-hydrogen) atoms. The summed E-state index contributed by atoms with van der Waals surface area (Å²) in [5.74, 6) is -0.0724. The molecule has 3 heteroatoms. The Labute approximate surface area is 113 Å². The van der Waals surface area contributed by atoms with E-state index in [1.165, 1.54) is 0 Å². The van der Waals surface area contributed by atoms with Crippen LogP contribution in [-0.2, 0) is 0 Å². The van der Waals surface area contributed by atoms with Gasteiger partial charge in [0, 0.05) is 18.3 Å². The Kier molecular flexibility index (Phi) is 3.56. The fraction of sp³-hybridized carbons (Fsp3) is 0.188. The van der Waals surface area contributed by atoms with Crippen molar-refractivity contribution in [1.82, 2.24) is 5.32 Å². The maximum Gasteiger partial charge on any atom is 0.251 e. The zero-order valence-electron chi connectivity index (χ0n) is 11.4. The van der Waals surface area contributed by atoms with Crippen LogP contribution < -0.4 is 11.1 Å². The van der Waals surface area contributed by atoms with Crippen molar-refractivity contribution in [2.24, 2.45) is 0 Å². The Morgan fingerprint density at radius 3 is 2.26 bits per heavy atom. The molecule has 2 rings (SSSR count). The van der Waals surface area contributed by atoms with Gasteiger partial charge in [0.05, 0.1) is 0 Å². The molecule has 0 bridgehead atoms. The van der Waals surface area contributed by atoms with E-state index in [0.29, 0.717) is 5.56 Å². The molecule has 2 aromatic carbocycles. The predicted molar refractivity (Wildman–Crippen MR) is 79.2 cm³/mol. The van der Waals surface area contributed by atoms with Gasteiger partial charge in [0.25, 0.3) is 5.91 Å². The standard InChI is InChI=1S/C16H18N2O/c1-10-9-15(17)11(2)8-14(10)12-4-6-13(7-5-12)16(19)18-3/h4-9H,17H2,1-3H3,(H,18,19). The van der Waals surface area contributed by atoms with Crippen LogP contribution in [0, 0.1) is 13.8 Å². The first-order valence-corrected chi connectivity index (χ1v) is 6.22. The lowest BCUT2D eigenvalue weighted by Gasteiger charge is -2.10. The summed E-state index contributed by atoms with van der Waals surface area (Å²) in [5.41, 5.74) is 11.8. The molecule has 0 aliphatic rings. The Morgan fingerprint density at radius 2 is 1.68 bits per heavy atom. The van der Waals surface area contributed by atoms with Gasteiger partial charge in [-0.2, -0.15) is 0 Å². The van der Waals surface area contributed by atoms with Crippen LogP contribution in [0.5, 0.6) is 0 Å². The molecule has 0 unspecified atom stereocenters. The van der Waals surface area contributed by atoms with Crippen molar-refractivity contribution in [3.8, 4) is 11.1 Å². The fourth-order valence-electron chi connectivity index (χ4n) is 2.10. The monoisotopic (exact) mass is 254 g/mol. The van der Waals surface area contributed by atoms with Gasteiger partial charge in [-0.3, -0.25) is 4.79 Å². The highest BCUT2D eigenvalue weighted by molar-refractivity contribution is 5.94. The van der Waals surface area contributed by atoms with Crippen LogP contribution in [0.3, 0.4) is 0 Å². The van der Waals surface area contributed by atoms with Crippen LogP contribution in [0.15, 0.2) is 36.4 Å².